The maximum absolute atomic E-state index is 11.5. The van der Waals surface area contributed by atoms with E-state index >= 15 is 0 Å². The van der Waals surface area contributed by atoms with E-state index in [1.54, 1.807) is 29.8 Å². The highest BCUT2D eigenvalue weighted by atomic mass is 19.2. The lowest BCUT2D eigenvalue weighted by Gasteiger charge is -1.96. The van der Waals surface area contributed by atoms with Gasteiger partial charge in [0.25, 0.3) is 0 Å². The van der Waals surface area contributed by atoms with E-state index < -0.39 is 0 Å². The lowest BCUT2D eigenvalue weighted by Crippen LogP contribution is -1.99. The van der Waals surface area contributed by atoms with Gasteiger partial charge in [0.15, 0.2) is 0 Å². The third kappa shape index (κ3) is 1.70. The van der Waals surface area contributed by atoms with Gasteiger partial charge in [-0.2, -0.15) is 5.54 Å². The van der Waals surface area contributed by atoms with Gasteiger partial charge in [0.1, 0.15) is 0 Å². The number of anilines is 1. The molecule has 0 unspecified atom stereocenters. The van der Waals surface area contributed by atoms with E-state index in [9.17, 15) is 4.48 Å². The average Bonchev–Trinajstić information content (AvgIpc) is 1.95. The molecule has 1 aromatic carbocycles. The Labute approximate surface area is 58.8 Å². The second kappa shape index (κ2) is 3.17. The molecule has 0 aliphatic heterocycles. The molecule has 2 nitrogen and oxygen atoms in total. The fourth-order valence-corrected chi connectivity index (χ4v) is 0.713. The molecule has 10 heavy (non-hydrogen) atoms. The Morgan fingerprint density at radius 3 is 2.40 bits per heavy atom. The van der Waals surface area contributed by atoms with Crippen LogP contribution in [0.25, 0.3) is 0 Å². The maximum atomic E-state index is 11.5. The van der Waals surface area contributed by atoms with Crippen molar-refractivity contribution in [3.05, 3.63) is 29.8 Å². The van der Waals surface area contributed by atoms with E-state index in [0.29, 0.717) is 5.69 Å². The van der Waals surface area contributed by atoms with Gasteiger partial charge in [-0.25, -0.2) is 0 Å². The minimum atomic E-state index is 0.236. The highest BCUT2D eigenvalue weighted by Crippen LogP contribution is 2.04. The standard InChI is InChI=1S/C7H9FN2/c8-10-5-6-1-3-7(9)4-2-6/h1-4,10H,5,9H2. The lowest BCUT2D eigenvalue weighted by atomic mass is 10.2. The summed E-state index contributed by atoms with van der Waals surface area (Å²) in [4.78, 5) is 0. The summed E-state index contributed by atoms with van der Waals surface area (Å²) in [7, 11) is 0. The van der Waals surface area contributed by atoms with Crippen molar-refractivity contribution in [3.8, 4) is 0 Å². The zero-order valence-electron chi connectivity index (χ0n) is 5.47. The Kier molecular flexibility index (Phi) is 2.23. The molecular weight excluding hydrogens is 131 g/mol. The molecule has 0 heterocycles. The summed E-state index contributed by atoms with van der Waals surface area (Å²) in [5.41, 5.74) is 8.55. The van der Waals surface area contributed by atoms with Crippen LogP contribution in [0.5, 0.6) is 0 Å². The summed E-state index contributed by atoms with van der Waals surface area (Å²) in [5.74, 6) is 0. The van der Waals surface area contributed by atoms with E-state index in [1.807, 2.05) is 0 Å². The Balaban J connectivity index is 2.69. The molecule has 1 aromatic rings. The molecule has 0 saturated carbocycles. The molecule has 0 spiro atoms. The van der Waals surface area contributed by atoms with Crippen molar-refractivity contribution in [2.75, 3.05) is 5.73 Å². The molecule has 0 aromatic heterocycles. The molecule has 0 fully saturated rings. The van der Waals surface area contributed by atoms with Crippen molar-refractivity contribution < 1.29 is 4.48 Å². The summed E-state index contributed by atoms with van der Waals surface area (Å²) in [5, 5.41) is 0. The Bertz CT molecular complexity index is 195. The van der Waals surface area contributed by atoms with Gasteiger partial charge in [0.05, 0.1) is 6.54 Å². The first kappa shape index (κ1) is 7.02. The number of nitrogens with one attached hydrogen (secondary N) is 1. The zero-order valence-corrected chi connectivity index (χ0v) is 5.47. The van der Waals surface area contributed by atoms with Crippen LogP contribution >= 0.6 is 0 Å². The molecule has 54 valence electrons. The molecule has 0 saturated heterocycles. The van der Waals surface area contributed by atoms with Crippen molar-refractivity contribution >= 4 is 5.69 Å². The van der Waals surface area contributed by atoms with E-state index in [0.717, 1.165) is 5.56 Å². The zero-order chi connectivity index (χ0) is 7.40. The van der Waals surface area contributed by atoms with Crippen LogP contribution in [0.1, 0.15) is 5.56 Å². The maximum Gasteiger partial charge on any atom is 0.0510 e. The van der Waals surface area contributed by atoms with Crippen molar-refractivity contribution in [3.63, 3.8) is 0 Å². The fourth-order valence-electron chi connectivity index (χ4n) is 0.713. The summed E-state index contributed by atoms with van der Waals surface area (Å²) in [6.07, 6.45) is 0. The van der Waals surface area contributed by atoms with Crippen LogP contribution in [0, 0.1) is 0 Å². The quantitative estimate of drug-likeness (QED) is 0.479. The molecule has 3 N–H and O–H groups in total. The predicted molar refractivity (Wildman–Crippen MR) is 38.8 cm³/mol. The van der Waals surface area contributed by atoms with Crippen molar-refractivity contribution in [1.82, 2.24) is 5.54 Å². The highest BCUT2D eigenvalue weighted by molar-refractivity contribution is 5.39. The third-order valence-corrected chi connectivity index (χ3v) is 1.25. The van der Waals surface area contributed by atoms with Crippen molar-refractivity contribution in [2.24, 2.45) is 0 Å². The number of hydrogen-bond acceptors (Lipinski definition) is 2. The summed E-state index contributed by atoms with van der Waals surface area (Å²) < 4.78 is 11.5. The molecule has 1 rings (SSSR count). The molecule has 0 aliphatic carbocycles. The van der Waals surface area contributed by atoms with Gasteiger partial charge in [0.2, 0.25) is 0 Å². The number of nitrogens with two attached hydrogens (primary N) is 1. The number of benzene rings is 1. The topological polar surface area (TPSA) is 38.0 Å². The van der Waals surface area contributed by atoms with Gasteiger partial charge >= 0.3 is 0 Å². The van der Waals surface area contributed by atoms with Gasteiger partial charge in [-0.3, -0.25) is 0 Å². The SMILES string of the molecule is Nc1ccc(CNF)cc1. The first-order valence-corrected chi connectivity index (χ1v) is 3.01. The molecule has 0 atom stereocenters. The Morgan fingerprint density at radius 1 is 1.30 bits per heavy atom. The van der Waals surface area contributed by atoms with Crippen LogP contribution in [-0.4, -0.2) is 0 Å². The summed E-state index contributed by atoms with van der Waals surface area (Å²) in [6, 6.07) is 7.04. The Morgan fingerprint density at radius 2 is 1.90 bits per heavy atom. The van der Waals surface area contributed by atoms with Crippen LogP contribution < -0.4 is 11.3 Å². The molecule has 0 aliphatic rings. The van der Waals surface area contributed by atoms with Crippen LogP contribution in [0.15, 0.2) is 24.3 Å². The molecule has 0 bridgehead atoms. The average molecular weight is 140 g/mol. The minimum absolute atomic E-state index is 0.236. The second-order valence-corrected chi connectivity index (χ2v) is 2.05. The summed E-state index contributed by atoms with van der Waals surface area (Å²) in [6.45, 7) is 0.236. The number of nitrogen functional groups attached to an aromatic ring is 1. The van der Waals surface area contributed by atoms with Crippen molar-refractivity contribution in [2.45, 2.75) is 6.54 Å². The van der Waals surface area contributed by atoms with Crippen LogP contribution in [0.3, 0.4) is 0 Å². The van der Waals surface area contributed by atoms with E-state index in [2.05, 4.69) is 0 Å². The lowest BCUT2D eigenvalue weighted by molar-refractivity contribution is 0.330. The van der Waals surface area contributed by atoms with Crippen LogP contribution in [-0.2, 0) is 6.54 Å². The van der Waals surface area contributed by atoms with E-state index in [-0.39, 0.29) is 6.54 Å². The van der Waals surface area contributed by atoms with Crippen LogP contribution in [0.4, 0.5) is 10.2 Å². The first-order chi connectivity index (χ1) is 4.83. The van der Waals surface area contributed by atoms with Gasteiger partial charge in [-0.05, 0) is 17.7 Å². The van der Waals surface area contributed by atoms with E-state index in [4.69, 9.17) is 5.73 Å². The number of hydrogen-bond donors (Lipinski definition) is 2. The van der Waals surface area contributed by atoms with Gasteiger partial charge in [0, 0.05) is 5.69 Å². The van der Waals surface area contributed by atoms with Gasteiger partial charge in [-0.15, -0.1) is 4.48 Å². The van der Waals surface area contributed by atoms with Gasteiger partial charge in [-0.1, -0.05) is 12.1 Å². The number of halogens is 1. The third-order valence-electron chi connectivity index (χ3n) is 1.25. The fraction of sp³-hybridized carbons (Fsp3) is 0.143. The van der Waals surface area contributed by atoms with E-state index in [1.165, 1.54) is 0 Å². The normalized spacial score (nSPS) is 9.70. The highest BCUT2D eigenvalue weighted by Gasteiger charge is 1.89. The molecular formula is C7H9FN2. The molecule has 0 radical (unpaired) electrons. The van der Waals surface area contributed by atoms with Crippen LogP contribution in [0.2, 0.25) is 0 Å². The molecule has 0 amide bonds. The predicted octanol–water partition coefficient (Wildman–Crippen LogP) is 1.24. The Hall–Kier alpha value is -1.09. The smallest absolute Gasteiger partial charge is 0.0510 e. The van der Waals surface area contributed by atoms with Gasteiger partial charge < -0.3 is 5.73 Å². The monoisotopic (exact) mass is 140 g/mol. The molecule has 3 heteroatoms. The second-order valence-electron chi connectivity index (χ2n) is 2.05. The number of rotatable bonds is 2. The van der Waals surface area contributed by atoms with Crippen molar-refractivity contribution in [1.29, 1.82) is 0 Å². The first-order valence-electron chi connectivity index (χ1n) is 3.01. The largest absolute Gasteiger partial charge is 0.399 e. The minimum Gasteiger partial charge on any atom is -0.399 e. The summed E-state index contributed by atoms with van der Waals surface area (Å²) >= 11 is 0.